The van der Waals surface area contributed by atoms with Gasteiger partial charge in [-0.25, -0.2) is 4.39 Å². The van der Waals surface area contributed by atoms with Crippen LogP contribution in [0.3, 0.4) is 0 Å². The fraction of sp³-hybridized carbons (Fsp3) is 0.500. The first-order valence-electron chi connectivity index (χ1n) is 13.7. The Labute approximate surface area is 228 Å². The van der Waals surface area contributed by atoms with E-state index < -0.39 is 17.7 Å². The predicted molar refractivity (Wildman–Crippen MR) is 143 cm³/mol. The van der Waals surface area contributed by atoms with Gasteiger partial charge in [0.05, 0.1) is 12.0 Å². The number of pyridine rings is 1. The van der Waals surface area contributed by atoms with Crippen molar-refractivity contribution in [3.63, 3.8) is 0 Å². The minimum Gasteiger partial charge on any atom is -0.481 e. The van der Waals surface area contributed by atoms with Gasteiger partial charge in [-0.15, -0.1) is 0 Å². The molecule has 8 nitrogen and oxygen atoms in total. The van der Waals surface area contributed by atoms with Crippen molar-refractivity contribution in [2.45, 2.75) is 57.3 Å². The highest BCUT2D eigenvalue weighted by atomic mass is 19.1. The smallest absolute Gasteiger partial charge is 0.303 e. The highest BCUT2D eigenvalue weighted by Crippen LogP contribution is 2.31. The monoisotopic (exact) mass is 534 g/mol. The van der Waals surface area contributed by atoms with Crippen molar-refractivity contribution in [1.82, 2.24) is 15.2 Å². The van der Waals surface area contributed by atoms with Crippen molar-refractivity contribution < 1.29 is 23.9 Å². The lowest BCUT2D eigenvalue weighted by Crippen LogP contribution is -2.42. The molecule has 2 fully saturated rings. The van der Waals surface area contributed by atoms with Gasteiger partial charge in [-0.2, -0.15) is 5.26 Å². The average molecular weight is 535 g/mol. The lowest BCUT2D eigenvalue weighted by molar-refractivity contribution is -0.137. The molecule has 1 amide bonds. The fourth-order valence-corrected chi connectivity index (χ4v) is 5.68. The number of carboxylic acids is 1. The molecule has 1 aromatic carbocycles. The SMILES string of the molecule is N#Cc1cc(-c2cncc([C@H](CC(=O)O)CC(=O)[C@@H]3CCCN(C(=O)CCC4CCNCC4)C3)c2)ccc1F. The second-order valence-corrected chi connectivity index (χ2v) is 10.7. The Hall–Kier alpha value is -3.64. The zero-order valence-electron chi connectivity index (χ0n) is 22.1. The molecule has 1 aromatic heterocycles. The summed E-state index contributed by atoms with van der Waals surface area (Å²) in [5, 5.41) is 22.1. The minimum absolute atomic E-state index is 0.0338. The van der Waals surface area contributed by atoms with Crippen LogP contribution in [0.2, 0.25) is 0 Å². The highest BCUT2D eigenvalue weighted by Gasteiger charge is 2.31. The largest absolute Gasteiger partial charge is 0.481 e. The molecule has 0 aliphatic carbocycles. The Morgan fingerprint density at radius 1 is 1.13 bits per heavy atom. The molecule has 0 saturated carbocycles. The van der Waals surface area contributed by atoms with Gasteiger partial charge >= 0.3 is 5.97 Å². The van der Waals surface area contributed by atoms with E-state index in [1.54, 1.807) is 18.5 Å². The Morgan fingerprint density at radius 2 is 1.92 bits per heavy atom. The third-order valence-corrected chi connectivity index (χ3v) is 7.97. The molecule has 2 N–H and O–H groups in total. The van der Waals surface area contributed by atoms with Crippen molar-refractivity contribution in [3.05, 3.63) is 53.6 Å². The van der Waals surface area contributed by atoms with Gasteiger partial charge in [0.15, 0.2) is 0 Å². The van der Waals surface area contributed by atoms with E-state index in [0.29, 0.717) is 48.5 Å². The highest BCUT2D eigenvalue weighted by molar-refractivity contribution is 5.84. The number of nitrogens with one attached hydrogen (secondary N) is 1. The van der Waals surface area contributed by atoms with Crippen LogP contribution in [0.25, 0.3) is 11.1 Å². The zero-order valence-corrected chi connectivity index (χ0v) is 22.1. The number of nitrogens with zero attached hydrogens (tertiary/aromatic N) is 3. The molecular formula is C30H35FN4O4. The molecule has 2 saturated heterocycles. The predicted octanol–water partition coefficient (Wildman–Crippen LogP) is 4.30. The van der Waals surface area contributed by atoms with E-state index in [2.05, 4.69) is 10.3 Å². The maximum Gasteiger partial charge on any atom is 0.303 e. The summed E-state index contributed by atoms with van der Waals surface area (Å²) in [5.41, 5.74) is 1.68. The van der Waals surface area contributed by atoms with Crippen molar-refractivity contribution in [2.24, 2.45) is 11.8 Å². The number of carbonyl (C=O) groups is 3. The number of Topliss-reactive ketones (excluding diaryl/α,β-unsaturated/α-hetero) is 1. The summed E-state index contributed by atoms with van der Waals surface area (Å²) in [6, 6.07) is 7.74. The molecule has 9 heteroatoms. The summed E-state index contributed by atoms with van der Waals surface area (Å²) in [6.45, 7) is 3.04. The number of hydrogen-bond acceptors (Lipinski definition) is 6. The van der Waals surface area contributed by atoms with Gasteiger partial charge in [0.2, 0.25) is 5.91 Å². The van der Waals surface area contributed by atoms with E-state index in [4.69, 9.17) is 5.26 Å². The molecule has 2 aliphatic heterocycles. The minimum atomic E-state index is -1.02. The Morgan fingerprint density at radius 3 is 2.67 bits per heavy atom. The number of amides is 1. The third-order valence-electron chi connectivity index (χ3n) is 7.97. The van der Waals surface area contributed by atoms with Crippen LogP contribution in [-0.4, -0.2) is 58.8 Å². The lowest BCUT2D eigenvalue weighted by Gasteiger charge is -2.33. The first-order valence-corrected chi connectivity index (χ1v) is 13.7. The standard InChI is InChI=1S/C30H35FN4O4/c31-27-5-4-21(12-24(27)16-32)25-13-26(18-34-17-25)23(15-30(38)39)14-28(36)22-2-1-11-35(19-22)29(37)6-3-20-7-9-33-10-8-20/h4-5,12-13,17-18,20,22-23,33H,1-3,6-11,14-15,19H2,(H,38,39)/t22-,23+/m1/s1. The van der Waals surface area contributed by atoms with Gasteiger partial charge in [-0.3, -0.25) is 19.4 Å². The molecule has 0 radical (unpaired) electrons. The van der Waals surface area contributed by atoms with Crippen LogP contribution >= 0.6 is 0 Å². The van der Waals surface area contributed by atoms with E-state index in [1.807, 2.05) is 11.0 Å². The zero-order chi connectivity index (χ0) is 27.8. The van der Waals surface area contributed by atoms with Gasteiger partial charge in [0.1, 0.15) is 17.7 Å². The van der Waals surface area contributed by atoms with Crippen LogP contribution < -0.4 is 5.32 Å². The van der Waals surface area contributed by atoms with Crippen LogP contribution in [-0.2, 0) is 14.4 Å². The molecule has 39 heavy (non-hydrogen) atoms. The number of aliphatic carboxylic acids is 1. The summed E-state index contributed by atoms with van der Waals surface area (Å²) in [6.07, 6.45) is 7.91. The van der Waals surface area contributed by atoms with Crippen molar-refractivity contribution in [3.8, 4) is 17.2 Å². The molecule has 0 spiro atoms. The van der Waals surface area contributed by atoms with Crippen LogP contribution in [0.1, 0.15) is 68.4 Å². The number of hydrogen-bond donors (Lipinski definition) is 2. The first-order chi connectivity index (χ1) is 18.8. The lowest BCUT2D eigenvalue weighted by atomic mass is 9.84. The molecule has 206 valence electrons. The summed E-state index contributed by atoms with van der Waals surface area (Å²) in [5.74, 6) is -1.93. The number of nitriles is 1. The van der Waals surface area contributed by atoms with Gasteiger partial charge in [0, 0.05) is 55.7 Å². The molecule has 3 heterocycles. The Balaban J connectivity index is 1.42. The van der Waals surface area contributed by atoms with Crippen molar-refractivity contribution in [1.29, 1.82) is 5.26 Å². The Kier molecular flexibility index (Phi) is 9.77. The summed E-state index contributed by atoms with van der Waals surface area (Å²) >= 11 is 0. The van der Waals surface area contributed by atoms with E-state index in [0.717, 1.165) is 38.8 Å². The molecule has 0 bridgehead atoms. The van der Waals surface area contributed by atoms with E-state index in [-0.39, 0.29) is 36.0 Å². The summed E-state index contributed by atoms with van der Waals surface area (Å²) < 4.78 is 13.8. The van der Waals surface area contributed by atoms with Crippen molar-refractivity contribution >= 4 is 17.7 Å². The van der Waals surface area contributed by atoms with Gasteiger partial charge in [-0.05, 0) is 80.4 Å². The van der Waals surface area contributed by atoms with E-state index >= 15 is 0 Å². The second-order valence-electron chi connectivity index (χ2n) is 10.7. The third kappa shape index (κ3) is 7.70. The van der Waals surface area contributed by atoms with Crippen LogP contribution in [0.15, 0.2) is 36.7 Å². The number of benzene rings is 1. The average Bonchev–Trinajstić information content (AvgIpc) is 2.96. The molecule has 0 unspecified atom stereocenters. The number of ketones is 1. The molecule has 2 aliphatic rings. The van der Waals surface area contributed by atoms with E-state index in [9.17, 15) is 23.9 Å². The van der Waals surface area contributed by atoms with Crippen molar-refractivity contribution in [2.75, 3.05) is 26.2 Å². The fourth-order valence-electron chi connectivity index (χ4n) is 5.68. The number of likely N-dealkylation sites (tertiary alicyclic amines) is 1. The van der Waals surface area contributed by atoms with Gasteiger partial charge < -0.3 is 15.3 Å². The normalized spacial score (nSPS) is 18.8. The summed E-state index contributed by atoms with van der Waals surface area (Å²) in [7, 11) is 0. The number of carboxylic acid groups (broad SMARTS) is 1. The number of carbonyl (C=O) groups excluding carboxylic acids is 2. The second kappa shape index (κ2) is 13.4. The first kappa shape index (κ1) is 28.4. The maximum atomic E-state index is 13.8. The van der Waals surface area contributed by atoms with Gasteiger partial charge in [-0.1, -0.05) is 6.07 Å². The van der Waals surface area contributed by atoms with Crippen LogP contribution in [0.4, 0.5) is 4.39 Å². The quantitative estimate of drug-likeness (QED) is 0.466. The molecule has 2 atom stereocenters. The molecule has 4 rings (SSSR count). The van der Waals surface area contributed by atoms with Gasteiger partial charge in [0.25, 0.3) is 0 Å². The van der Waals surface area contributed by atoms with Crippen LogP contribution in [0, 0.1) is 29.0 Å². The summed E-state index contributed by atoms with van der Waals surface area (Å²) in [4.78, 5) is 44.0. The number of piperidine rings is 2. The number of aromatic nitrogens is 1. The number of rotatable bonds is 10. The van der Waals surface area contributed by atoms with Crippen LogP contribution in [0.5, 0.6) is 0 Å². The topological polar surface area (TPSA) is 123 Å². The molecular weight excluding hydrogens is 499 g/mol. The maximum absolute atomic E-state index is 13.8. The van der Waals surface area contributed by atoms with E-state index in [1.165, 1.54) is 18.2 Å². The number of halogens is 1. The molecule has 2 aromatic rings. The Bertz CT molecular complexity index is 1240.